The molecule has 0 spiro atoms. The zero-order valence-corrected chi connectivity index (χ0v) is 18.0. The van der Waals surface area contributed by atoms with Gasteiger partial charge in [0.15, 0.2) is 5.96 Å². The van der Waals surface area contributed by atoms with Crippen LogP contribution in [-0.4, -0.2) is 16.1 Å². The molecule has 4 N–H and O–H groups in total. The van der Waals surface area contributed by atoms with Gasteiger partial charge in [-0.15, -0.1) is 12.4 Å². The Hall–Kier alpha value is -2.08. The van der Waals surface area contributed by atoms with Gasteiger partial charge in [0.2, 0.25) is 5.82 Å². The average molecular weight is 408 g/mol. The van der Waals surface area contributed by atoms with E-state index in [1.165, 1.54) is 44.1 Å². The van der Waals surface area contributed by atoms with Gasteiger partial charge >= 0.3 is 0 Å². The van der Waals surface area contributed by atoms with E-state index in [0.717, 1.165) is 12.0 Å². The zero-order chi connectivity index (χ0) is 19.6. The first-order chi connectivity index (χ1) is 13.0. The first-order valence-electron chi connectivity index (χ1n) is 10.0. The Labute approximate surface area is 174 Å². The molecule has 28 heavy (non-hydrogen) atoms. The topological polar surface area (TPSA) is 103 Å². The lowest BCUT2D eigenvalue weighted by atomic mass is 10.0. The van der Waals surface area contributed by atoms with E-state index in [1.54, 1.807) is 0 Å². The Morgan fingerprint density at radius 1 is 1.04 bits per heavy atom. The fraction of sp³-hybridized carbons (Fsp3) is 0.571. The van der Waals surface area contributed by atoms with E-state index < -0.39 is 0 Å². The van der Waals surface area contributed by atoms with E-state index in [9.17, 15) is 0 Å². The summed E-state index contributed by atoms with van der Waals surface area (Å²) in [6.07, 6.45) is 8.99. The minimum atomic E-state index is -0.330. The third kappa shape index (κ3) is 7.50. The highest BCUT2D eigenvalue weighted by atomic mass is 35.5. The summed E-state index contributed by atoms with van der Waals surface area (Å²) in [6, 6.07) is 8.06. The van der Waals surface area contributed by atoms with E-state index in [-0.39, 0.29) is 30.3 Å². The summed E-state index contributed by atoms with van der Waals surface area (Å²) in [4.78, 5) is 8.70. The minimum Gasteiger partial charge on any atom is -0.370 e. The lowest BCUT2D eigenvalue weighted by molar-refractivity contribution is 0.326. The molecule has 1 aromatic carbocycles. The molecule has 1 heterocycles. The lowest BCUT2D eigenvalue weighted by Crippen LogP contribution is -2.24. The van der Waals surface area contributed by atoms with Crippen LogP contribution in [-0.2, 0) is 6.42 Å². The summed E-state index contributed by atoms with van der Waals surface area (Å²) >= 11 is 0. The highest BCUT2D eigenvalue weighted by Crippen LogP contribution is 2.26. The van der Waals surface area contributed by atoms with Crippen LogP contribution in [0.5, 0.6) is 0 Å². The Morgan fingerprint density at radius 2 is 1.68 bits per heavy atom. The number of aryl methyl sites for hydroxylation is 1. The molecule has 0 aliphatic carbocycles. The number of guanidine groups is 1. The molecule has 0 radical (unpaired) electrons. The molecule has 7 heteroatoms. The van der Waals surface area contributed by atoms with Gasteiger partial charge < -0.3 is 16.0 Å². The van der Waals surface area contributed by atoms with Gasteiger partial charge in [0, 0.05) is 5.56 Å². The number of hydrogen-bond donors (Lipinski definition) is 2. The van der Waals surface area contributed by atoms with Crippen molar-refractivity contribution in [2.45, 2.75) is 71.8 Å². The van der Waals surface area contributed by atoms with Crippen molar-refractivity contribution in [1.82, 2.24) is 10.1 Å². The van der Waals surface area contributed by atoms with Gasteiger partial charge in [-0.3, -0.25) is 0 Å². The number of nitrogens with two attached hydrogens (primary N) is 2. The SMILES string of the molecule is CCCCCCCCc1ccc(-c2noc(C(N=C(N)N)C(C)C)n2)cc1.Cl. The molecule has 1 aromatic heterocycles. The van der Waals surface area contributed by atoms with Crippen LogP contribution in [0, 0.1) is 5.92 Å². The normalized spacial score (nSPS) is 11.9. The van der Waals surface area contributed by atoms with E-state index in [1.807, 2.05) is 26.0 Å². The Balaban J connectivity index is 0.00000392. The summed E-state index contributed by atoms with van der Waals surface area (Å²) in [7, 11) is 0. The first kappa shape index (κ1) is 24.0. The summed E-state index contributed by atoms with van der Waals surface area (Å²) in [5, 5.41) is 4.09. The summed E-state index contributed by atoms with van der Waals surface area (Å²) in [5.74, 6) is 1.17. The molecule has 156 valence electrons. The number of benzene rings is 1. The van der Waals surface area contributed by atoms with Crippen LogP contribution in [0.3, 0.4) is 0 Å². The smallest absolute Gasteiger partial charge is 0.252 e. The van der Waals surface area contributed by atoms with E-state index in [2.05, 4.69) is 34.2 Å². The predicted molar refractivity (Wildman–Crippen MR) is 117 cm³/mol. The number of nitrogens with zero attached hydrogens (tertiary/aromatic N) is 3. The van der Waals surface area contributed by atoms with Gasteiger partial charge in [0.25, 0.3) is 5.89 Å². The quantitative estimate of drug-likeness (QED) is 0.308. The van der Waals surface area contributed by atoms with Crippen molar-refractivity contribution in [1.29, 1.82) is 0 Å². The second-order valence-corrected chi connectivity index (χ2v) is 7.41. The molecule has 0 bridgehead atoms. The number of unbranched alkanes of at least 4 members (excludes halogenated alkanes) is 5. The van der Waals surface area contributed by atoms with Gasteiger partial charge in [-0.1, -0.05) is 82.3 Å². The number of hydrogen-bond acceptors (Lipinski definition) is 4. The molecular formula is C21H34ClN5O. The Bertz CT molecular complexity index is 708. The maximum atomic E-state index is 5.51. The third-order valence-corrected chi connectivity index (χ3v) is 4.65. The molecule has 0 saturated heterocycles. The van der Waals surface area contributed by atoms with E-state index >= 15 is 0 Å². The van der Waals surface area contributed by atoms with Crippen molar-refractivity contribution >= 4 is 18.4 Å². The highest BCUT2D eigenvalue weighted by Gasteiger charge is 2.22. The molecular weight excluding hydrogens is 374 g/mol. The van der Waals surface area contributed by atoms with Gasteiger partial charge in [-0.05, 0) is 24.3 Å². The fourth-order valence-electron chi connectivity index (χ4n) is 3.05. The molecule has 0 amide bonds. The average Bonchev–Trinajstić information content (AvgIpc) is 3.12. The number of aliphatic imine (C=N–C) groups is 1. The van der Waals surface area contributed by atoms with Gasteiger partial charge in [-0.25, -0.2) is 4.99 Å². The molecule has 0 aliphatic heterocycles. The molecule has 1 atom stereocenters. The van der Waals surface area contributed by atoms with Crippen molar-refractivity contribution < 1.29 is 4.52 Å². The van der Waals surface area contributed by atoms with Gasteiger partial charge in [-0.2, -0.15) is 4.98 Å². The van der Waals surface area contributed by atoms with Crippen molar-refractivity contribution in [3.63, 3.8) is 0 Å². The molecule has 1 unspecified atom stereocenters. The van der Waals surface area contributed by atoms with Crippen LogP contribution in [0.25, 0.3) is 11.4 Å². The maximum absolute atomic E-state index is 5.51. The molecule has 0 aliphatic rings. The Morgan fingerprint density at radius 3 is 2.29 bits per heavy atom. The van der Waals surface area contributed by atoms with Crippen LogP contribution < -0.4 is 11.5 Å². The highest BCUT2D eigenvalue weighted by molar-refractivity contribution is 5.85. The van der Waals surface area contributed by atoms with Gasteiger partial charge in [0.1, 0.15) is 6.04 Å². The third-order valence-electron chi connectivity index (χ3n) is 4.65. The molecule has 0 saturated carbocycles. The number of rotatable bonds is 11. The lowest BCUT2D eigenvalue weighted by Gasteiger charge is -2.11. The number of halogens is 1. The molecule has 2 aromatic rings. The fourth-order valence-corrected chi connectivity index (χ4v) is 3.05. The second-order valence-electron chi connectivity index (χ2n) is 7.41. The van der Waals surface area contributed by atoms with E-state index in [4.69, 9.17) is 16.0 Å². The van der Waals surface area contributed by atoms with Gasteiger partial charge in [0.05, 0.1) is 0 Å². The second kappa shape index (κ2) is 12.4. The molecule has 2 rings (SSSR count). The monoisotopic (exact) mass is 407 g/mol. The van der Waals surface area contributed by atoms with Crippen LogP contribution in [0.4, 0.5) is 0 Å². The minimum absolute atomic E-state index is 0. The maximum Gasteiger partial charge on any atom is 0.252 e. The van der Waals surface area contributed by atoms with Crippen molar-refractivity contribution in [3.05, 3.63) is 35.7 Å². The van der Waals surface area contributed by atoms with Crippen molar-refractivity contribution in [2.75, 3.05) is 0 Å². The van der Waals surface area contributed by atoms with Crippen LogP contribution in [0.2, 0.25) is 0 Å². The largest absolute Gasteiger partial charge is 0.370 e. The predicted octanol–water partition coefficient (Wildman–Crippen LogP) is 5.03. The Kier molecular flexibility index (Phi) is 10.6. The van der Waals surface area contributed by atoms with Crippen molar-refractivity contribution in [2.24, 2.45) is 22.4 Å². The van der Waals surface area contributed by atoms with Crippen molar-refractivity contribution in [3.8, 4) is 11.4 Å². The first-order valence-corrected chi connectivity index (χ1v) is 10.0. The zero-order valence-electron chi connectivity index (χ0n) is 17.2. The molecule has 0 fully saturated rings. The summed E-state index contributed by atoms with van der Waals surface area (Å²) in [6.45, 7) is 6.27. The summed E-state index contributed by atoms with van der Waals surface area (Å²) < 4.78 is 5.41. The van der Waals surface area contributed by atoms with Crippen LogP contribution >= 0.6 is 12.4 Å². The van der Waals surface area contributed by atoms with E-state index in [0.29, 0.717) is 11.7 Å². The summed E-state index contributed by atoms with van der Waals surface area (Å²) in [5.41, 5.74) is 13.3. The molecule has 6 nitrogen and oxygen atoms in total. The standard InChI is InChI=1S/C21H33N5O.ClH/c1-4-5-6-7-8-9-10-16-11-13-17(14-12-16)19-25-20(27-26-19)18(15(2)3)24-21(22)23;/h11-15,18H,4-10H2,1-3H3,(H4,22,23,24);1H. The van der Waals surface area contributed by atoms with Crippen LogP contribution in [0.15, 0.2) is 33.8 Å². The van der Waals surface area contributed by atoms with Crippen LogP contribution in [0.1, 0.15) is 76.8 Å². The number of aromatic nitrogens is 2.